The summed E-state index contributed by atoms with van der Waals surface area (Å²) < 4.78 is 4.34. The molecule has 0 aromatic rings. The van der Waals surface area contributed by atoms with Crippen molar-refractivity contribution in [3.8, 4) is 0 Å². The molecule has 0 unspecified atom stereocenters. The minimum absolute atomic E-state index is 0.0143. The second kappa shape index (κ2) is 4.84. The van der Waals surface area contributed by atoms with E-state index in [0.717, 1.165) is 6.42 Å². The Kier molecular flexibility index (Phi) is 4.45. The Labute approximate surface area is 78.6 Å². The van der Waals surface area contributed by atoms with Crippen LogP contribution in [0.4, 0.5) is 4.79 Å². The Balaban J connectivity index is 3.95. The molecule has 1 amide bonds. The van der Waals surface area contributed by atoms with Gasteiger partial charge in [0.25, 0.3) is 0 Å². The third-order valence-corrected chi connectivity index (χ3v) is 2.22. The summed E-state index contributed by atoms with van der Waals surface area (Å²) in [5, 5.41) is 2.36. The molecule has 0 radical (unpaired) electrons. The Bertz CT molecular complexity index is 199. The number of carbonyl (C=O) groups is 2. The molecule has 13 heavy (non-hydrogen) atoms. The Morgan fingerprint density at radius 1 is 1.38 bits per heavy atom. The zero-order valence-electron chi connectivity index (χ0n) is 8.64. The van der Waals surface area contributed by atoms with Gasteiger partial charge in [-0.15, -0.1) is 0 Å². The summed E-state index contributed by atoms with van der Waals surface area (Å²) in [6, 6.07) is 0. The molecule has 0 spiro atoms. The number of hydrogen-bond acceptors (Lipinski definition) is 3. The van der Waals surface area contributed by atoms with Crippen LogP contribution < -0.4 is 5.32 Å². The zero-order chi connectivity index (χ0) is 10.5. The van der Waals surface area contributed by atoms with Crippen molar-refractivity contribution in [1.29, 1.82) is 0 Å². The topological polar surface area (TPSA) is 55.4 Å². The summed E-state index contributed by atoms with van der Waals surface area (Å²) in [7, 11) is 1.27. The van der Waals surface area contributed by atoms with Crippen molar-refractivity contribution in [2.24, 2.45) is 5.41 Å². The Morgan fingerprint density at radius 3 is 2.31 bits per heavy atom. The van der Waals surface area contributed by atoms with Gasteiger partial charge in [-0.3, -0.25) is 4.79 Å². The predicted octanol–water partition coefficient (Wildman–Crippen LogP) is 1.35. The summed E-state index contributed by atoms with van der Waals surface area (Å²) >= 11 is 0. The normalized spacial score (nSPS) is 10.8. The summed E-state index contributed by atoms with van der Waals surface area (Å²) in [6.07, 6.45) is 0.189. The van der Waals surface area contributed by atoms with Crippen molar-refractivity contribution in [3.05, 3.63) is 0 Å². The van der Waals surface area contributed by atoms with Crippen molar-refractivity contribution >= 4 is 11.9 Å². The van der Waals surface area contributed by atoms with Crippen LogP contribution in [0.15, 0.2) is 0 Å². The number of alkyl carbamates (subject to hydrolysis) is 1. The van der Waals surface area contributed by atoms with E-state index in [-0.39, 0.29) is 17.7 Å². The monoisotopic (exact) mass is 187 g/mol. The second-order valence-electron chi connectivity index (χ2n) is 3.51. The van der Waals surface area contributed by atoms with Crippen molar-refractivity contribution in [2.45, 2.75) is 27.2 Å². The van der Waals surface area contributed by atoms with Crippen LogP contribution in [0.1, 0.15) is 27.2 Å². The van der Waals surface area contributed by atoms with E-state index in [9.17, 15) is 9.59 Å². The van der Waals surface area contributed by atoms with Crippen LogP contribution in [0.2, 0.25) is 0 Å². The molecule has 0 aromatic heterocycles. The van der Waals surface area contributed by atoms with Gasteiger partial charge in [0.15, 0.2) is 5.78 Å². The van der Waals surface area contributed by atoms with Crippen molar-refractivity contribution in [2.75, 3.05) is 13.7 Å². The predicted molar refractivity (Wildman–Crippen MR) is 49.5 cm³/mol. The SMILES string of the molecule is CCC(C)(C)C(=O)CNC(=O)OC. The molecule has 0 aromatic carbocycles. The molecule has 0 rings (SSSR count). The summed E-state index contributed by atoms with van der Waals surface area (Å²) in [4.78, 5) is 22.1. The number of carbonyl (C=O) groups excluding carboxylic acids is 2. The first-order chi connectivity index (χ1) is 5.94. The molecule has 0 aliphatic rings. The van der Waals surface area contributed by atoms with Gasteiger partial charge in [0, 0.05) is 5.41 Å². The van der Waals surface area contributed by atoms with Gasteiger partial charge in [0.2, 0.25) is 0 Å². The number of Topliss-reactive ketones (excluding diaryl/α,β-unsaturated/α-hetero) is 1. The lowest BCUT2D eigenvalue weighted by Gasteiger charge is -2.20. The van der Waals surface area contributed by atoms with Gasteiger partial charge in [-0.25, -0.2) is 4.79 Å². The minimum Gasteiger partial charge on any atom is -0.453 e. The van der Waals surface area contributed by atoms with E-state index in [1.165, 1.54) is 7.11 Å². The average Bonchev–Trinajstić information content (AvgIpc) is 2.13. The number of ketones is 1. The standard InChI is InChI=1S/C9H17NO3/c1-5-9(2,3)7(11)6-10-8(12)13-4/h5-6H2,1-4H3,(H,10,12). The molecule has 0 aliphatic heterocycles. The molecule has 1 N–H and O–H groups in total. The number of nitrogens with one attached hydrogen (secondary N) is 1. The number of methoxy groups -OCH3 is 1. The van der Waals surface area contributed by atoms with E-state index in [1.54, 1.807) is 0 Å². The summed E-state index contributed by atoms with van der Waals surface area (Å²) in [5.41, 5.74) is -0.374. The van der Waals surface area contributed by atoms with Gasteiger partial charge in [-0.05, 0) is 6.42 Å². The average molecular weight is 187 g/mol. The highest BCUT2D eigenvalue weighted by Crippen LogP contribution is 2.20. The molecule has 76 valence electrons. The lowest BCUT2D eigenvalue weighted by Crippen LogP contribution is -2.36. The van der Waals surface area contributed by atoms with Crippen LogP contribution in [0, 0.1) is 5.41 Å². The molecule has 0 atom stereocenters. The molecule has 4 heteroatoms. The molecule has 0 bridgehead atoms. The van der Waals surface area contributed by atoms with Gasteiger partial charge in [0.05, 0.1) is 13.7 Å². The first-order valence-electron chi connectivity index (χ1n) is 4.29. The number of hydrogen-bond donors (Lipinski definition) is 1. The molecular weight excluding hydrogens is 170 g/mol. The van der Waals surface area contributed by atoms with Gasteiger partial charge in [-0.2, -0.15) is 0 Å². The quantitative estimate of drug-likeness (QED) is 0.722. The molecular formula is C9H17NO3. The maximum absolute atomic E-state index is 11.4. The van der Waals surface area contributed by atoms with E-state index in [4.69, 9.17) is 0 Å². The van der Waals surface area contributed by atoms with Crippen LogP contribution in [0.25, 0.3) is 0 Å². The maximum Gasteiger partial charge on any atom is 0.407 e. The van der Waals surface area contributed by atoms with Crippen LogP contribution in [0.5, 0.6) is 0 Å². The van der Waals surface area contributed by atoms with Crippen LogP contribution in [0.3, 0.4) is 0 Å². The highest BCUT2D eigenvalue weighted by Gasteiger charge is 2.24. The van der Waals surface area contributed by atoms with Gasteiger partial charge in [-0.1, -0.05) is 20.8 Å². The molecule has 0 saturated carbocycles. The zero-order valence-corrected chi connectivity index (χ0v) is 8.64. The summed E-state index contributed by atoms with van der Waals surface area (Å²) in [6.45, 7) is 5.69. The van der Waals surface area contributed by atoms with E-state index in [1.807, 2.05) is 20.8 Å². The first kappa shape index (κ1) is 11.9. The van der Waals surface area contributed by atoms with Crippen LogP contribution >= 0.6 is 0 Å². The fourth-order valence-electron chi connectivity index (χ4n) is 0.661. The highest BCUT2D eigenvalue weighted by atomic mass is 16.5. The lowest BCUT2D eigenvalue weighted by molar-refractivity contribution is -0.126. The maximum atomic E-state index is 11.4. The largest absolute Gasteiger partial charge is 0.453 e. The molecule has 4 nitrogen and oxygen atoms in total. The van der Waals surface area contributed by atoms with Crippen LogP contribution in [-0.2, 0) is 9.53 Å². The number of ether oxygens (including phenoxy) is 1. The van der Waals surface area contributed by atoms with E-state index in [2.05, 4.69) is 10.1 Å². The Morgan fingerprint density at radius 2 is 1.92 bits per heavy atom. The van der Waals surface area contributed by atoms with Gasteiger partial charge in [0.1, 0.15) is 0 Å². The fraction of sp³-hybridized carbons (Fsp3) is 0.778. The molecule has 0 heterocycles. The number of amides is 1. The smallest absolute Gasteiger partial charge is 0.407 e. The van der Waals surface area contributed by atoms with Crippen LogP contribution in [-0.4, -0.2) is 25.5 Å². The highest BCUT2D eigenvalue weighted by molar-refractivity contribution is 5.88. The minimum atomic E-state index is -0.569. The molecule has 0 fully saturated rings. The number of rotatable bonds is 4. The third-order valence-electron chi connectivity index (χ3n) is 2.22. The fourth-order valence-corrected chi connectivity index (χ4v) is 0.661. The lowest BCUT2D eigenvalue weighted by atomic mass is 9.85. The summed E-state index contributed by atoms with van der Waals surface area (Å²) in [5.74, 6) is 0.0143. The van der Waals surface area contributed by atoms with Gasteiger partial charge >= 0.3 is 6.09 Å². The van der Waals surface area contributed by atoms with Crippen molar-refractivity contribution < 1.29 is 14.3 Å². The van der Waals surface area contributed by atoms with E-state index < -0.39 is 6.09 Å². The van der Waals surface area contributed by atoms with Gasteiger partial charge < -0.3 is 10.1 Å². The van der Waals surface area contributed by atoms with E-state index >= 15 is 0 Å². The van der Waals surface area contributed by atoms with Crippen molar-refractivity contribution in [1.82, 2.24) is 5.32 Å². The Hall–Kier alpha value is -1.06. The third kappa shape index (κ3) is 3.92. The molecule has 0 saturated heterocycles. The van der Waals surface area contributed by atoms with E-state index in [0.29, 0.717) is 0 Å². The first-order valence-corrected chi connectivity index (χ1v) is 4.29. The molecule has 0 aliphatic carbocycles. The van der Waals surface area contributed by atoms with Crippen molar-refractivity contribution in [3.63, 3.8) is 0 Å². The second-order valence-corrected chi connectivity index (χ2v) is 3.51.